The summed E-state index contributed by atoms with van der Waals surface area (Å²) >= 11 is 0. The van der Waals surface area contributed by atoms with Crippen molar-refractivity contribution in [3.63, 3.8) is 0 Å². The van der Waals surface area contributed by atoms with Gasteiger partial charge < -0.3 is 10.1 Å². The third kappa shape index (κ3) is 4.88. The van der Waals surface area contributed by atoms with Crippen LogP contribution in [0.2, 0.25) is 0 Å². The Kier molecular flexibility index (Phi) is 6.64. The standard InChI is InChI=1S/C19H27N3O6/c23-15(21-19(27)20-12-5-1-2-6-12)11-28-16(24)9-10-22-17(25)13-7-3-4-8-14(13)18(22)26/h12-14H,1-11H2,(H2,20,21,23,27)/t13-,14-/m0/s1. The molecule has 2 aliphatic carbocycles. The van der Waals surface area contributed by atoms with Crippen LogP contribution >= 0.6 is 0 Å². The van der Waals surface area contributed by atoms with Gasteiger partial charge >= 0.3 is 12.0 Å². The highest BCUT2D eigenvalue weighted by Crippen LogP contribution is 2.37. The maximum atomic E-state index is 12.3. The Morgan fingerprint density at radius 2 is 1.50 bits per heavy atom. The van der Waals surface area contributed by atoms with E-state index in [1.807, 2.05) is 0 Å². The molecule has 0 unspecified atom stereocenters. The number of hydrogen-bond donors (Lipinski definition) is 2. The molecule has 28 heavy (non-hydrogen) atoms. The predicted molar refractivity (Wildman–Crippen MR) is 96.7 cm³/mol. The molecule has 9 heteroatoms. The van der Waals surface area contributed by atoms with Crippen molar-refractivity contribution < 1.29 is 28.7 Å². The number of nitrogens with one attached hydrogen (secondary N) is 2. The average Bonchev–Trinajstić information content (AvgIpc) is 3.26. The fraction of sp³-hybridized carbons (Fsp3) is 0.737. The number of hydrogen-bond acceptors (Lipinski definition) is 6. The van der Waals surface area contributed by atoms with Crippen molar-refractivity contribution in [2.24, 2.45) is 11.8 Å². The second-order valence-electron chi connectivity index (χ2n) is 7.74. The van der Waals surface area contributed by atoms with Gasteiger partial charge in [0.2, 0.25) is 11.8 Å². The zero-order valence-corrected chi connectivity index (χ0v) is 15.9. The van der Waals surface area contributed by atoms with Crippen molar-refractivity contribution in [3.8, 4) is 0 Å². The summed E-state index contributed by atoms with van der Waals surface area (Å²) in [6, 6.07) is -0.515. The number of fused-ring (bicyclic) bond motifs is 1. The van der Waals surface area contributed by atoms with Crippen LogP contribution in [0.3, 0.4) is 0 Å². The minimum Gasteiger partial charge on any atom is -0.456 e. The van der Waals surface area contributed by atoms with E-state index < -0.39 is 24.5 Å². The Labute approximate surface area is 163 Å². The monoisotopic (exact) mass is 393 g/mol. The van der Waals surface area contributed by atoms with Crippen molar-refractivity contribution in [1.82, 2.24) is 15.5 Å². The lowest BCUT2D eigenvalue weighted by Crippen LogP contribution is -2.45. The summed E-state index contributed by atoms with van der Waals surface area (Å²) in [6.07, 6.45) is 7.06. The Hall–Kier alpha value is -2.45. The molecular weight excluding hydrogens is 366 g/mol. The number of esters is 1. The molecule has 1 saturated heterocycles. The number of amides is 5. The van der Waals surface area contributed by atoms with E-state index in [2.05, 4.69) is 10.6 Å². The van der Waals surface area contributed by atoms with Gasteiger partial charge in [-0.3, -0.25) is 29.4 Å². The molecule has 3 rings (SSSR count). The minimum absolute atomic E-state index is 0.0344. The lowest BCUT2D eigenvalue weighted by molar-refractivity contribution is -0.149. The largest absolute Gasteiger partial charge is 0.456 e. The van der Waals surface area contributed by atoms with Crippen LogP contribution in [0, 0.1) is 11.8 Å². The smallest absolute Gasteiger partial charge is 0.321 e. The molecule has 3 aliphatic rings. The first-order chi connectivity index (χ1) is 13.5. The van der Waals surface area contributed by atoms with Crippen LogP contribution in [-0.2, 0) is 23.9 Å². The molecule has 154 valence electrons. The SMILES string of the molecule is O=C(COC(=O)CCN1C(=O)[C@H]2CCCC[C@@H]2C1=O)NC(=O)NC1CCCC1. The van der Waals surface area contributed by atoms with E-state index in [0.29, 0.717) is 0 Å². The molecule has 0 aromatic carbocycles. The zero-order chi connectivity index (χ0) is 20.1. The molecule has 0 aromatic rings. The quantitative estimate of drug-likeness (QED) is 0.510. The van der Waals surface area contributed by atoms with Gasteiger partial charge in [0.1, 0.15) is 0 Å². The topological polar surface area (TPSA) is 122 Å². The number of imide groups is 2. The fourth-order valence-electron chi connectivity index (χ4n) is 4.33. The maximum Gasteiger partial charge on any atom is 0.321 e. The van der Waals surface area contributed by atoms with Crippen LogP contribution in [0.4, 0.5) is 4.79 Å². The molecule has 1 heterocycles. The van der Waals surface area contributed by atoms with E-state index in [-0.39, 0.29) is 42.7 Å². The van der Waals surface area contributed by atoms with Crippen LogP contribution in [-0.4, -0.2) is 53.8 Å². The van der Waals surface area contributed by atoms with Gasteiger partial charge in [0.15, 0.2) is 6.61 Å². The van der Waals surface area contributed by atoms with Gasteiger partial charge in [-0.2, -0.15) is 0 Å². The number of rotatable bonds is 6. The molecule has 2 N–H and O–H groups in total. The van der Waals surface area contributed by atoms with Crippen molar-refractivity contribution in [2.75, 3.05) is 13.2 Å². The molecule has 0 spiro atoms. The van der Waals surface area contributed by atoms with Crippen LogP contribution in [0.1, 0.15) is 57.8 Å². The highest BCUT2D eigenvalue weighted by molar-refractivity contribution is 6.05. The summed E-state index contributed by atoms with van der Waals surface area (Å²) in [6.45, 7) is -0.614. The number of carbonyl (C=O) groups is 5. The zero-order valence-electron chi connectivity index (χ0n) is 15.9. The summed E-state index contributed by atoms with van der Waals surface area (Å²) in [4.78, 5) is 61.1. The summed E-state index contributed by atoms with van der Waals surface area (Å²) < 4.78 is 4.84. The first-order valence-corrected chi connectivity index (χ1v) is 10.1. The van der Waals surface area contributed by atoms with Gasteiger partial charge in [0, 0.05) is 12.6 Å². The highest BCUT2D eigenvalue weighted by atomic mass is 16.5. The maximum absolute atomic E-state index is 12.3. The van der Waals surface area contributed by atoms with Crippen LogP contribution < -0.4 is 10.6 Å². The molecule has 9 nitrogen and oxygen atoms in total. The van der Waals surface area contributed by atoms with Crippen LogP contribution in [0.15, 0.2) is 0 Å². The number of ether oxygens (including phenoxy) is 1. The fourth-order valence-corrected chi connectivity index (χ4v) is 4.33. The Bertz CT molecular complexity index is 634. The third-order valence-corrected chi connectivity index (χ3v) is 5.78. The number of nitrogens with zero attached hydrogens (tertiary/aromatic N) is 1. The third-order valence-electron chi connectivity index (χ3n) is 5.78. The lowest BCUT2D eigenvalue weighted by atomic mass is 9.81. The minimum atomic E-state index is -0.719. The summed E-state index contributed by atoms with van der Waals surface area (Å²) in [5.41, 5.74) is 0. The molecule has 5 amide bonds. The van der Waals surface area contributed by atoms with Crippen LogP contribution in [0.25, 0.3) is 0 Å². The van der Waals surface area contributed by atoms with Gasteiger partial charge in [0.05, 0.1) is 18.3 Å². The van der Waals surface area contributed by atoms with Gasteiger partial charge in [0.25, 0.3) is 5.91 Å². The highest BCUT2D eigenvalue weighted by Gasteiger charge is 2.47. The van der Waals surface area contributed by atoms with E-state index >= 15 is 0 Å². The molecule has 0 radical (unpaired) electrons. The van der Waals surface area contributed by atoms with Crippen molar-refractivity contribution in [3.05, 3.63) is 0 Å². The van der Waals surface area contributed by atoms with E-state index in [1.165, 1.54) is 0 Å². The molecule has 0 bridgehead atoms. The first-order valence-electron chi connectivity index (χ1n) is 10.1. The molecule has 1 aliphatic heterocycles. The summed E-state index contributed by atoms with van der Waals surface area (Å²) in [5.74, 6) is -2.32. The van der Waals surface area contributed by atoms with E-state index in [9.17, 15) is 24.0 Å². The molecule has 3 fully saturated rings. The second kappa shape index (κ2) is 9.16. The molecule has 2 atom stereocenters. The van der Waals surface area contributed by atoms with E-state index in [1.54, 1.807) is 0 Å². The van der Waals surface area contributed by atoms with Gasteiger partial charge in [-0.1, -0.05) is 25.7 Å². The lowest BCUT2D eigenvalue weighted by Gasteiger charge is -2.19. The van der Waals surface area contributed by atoms with Crippen molar-refractivity contribution in [1.29, 1.82) is 0 Å². The Morgan fingerprint density at radius 3 is 2.11 bits per heavy atom. The summed E-state index contributed by atoms with van der Waals surface area (Å²) in [5, 5.41) is 4.82. The molecule has 2 saturated carbocycles. The predicted octanol–water partition coefficient (Wildman–Crippen LogP) is 0.863. The molecule has 0 aromatic heterocycles. The van der Waals surface area contributed by atoms with Gasteiger partial charge in [-0.25, -0.2) is 4.79 Å². The average molecular weight is 393 g/mol. The number of urea groups is 1. The van der Waals surface area contributed by atoms with Gasteiger partial charge in [-0.05, 0) is 25.7 Å². The number of carbonyl (C=O) groups excluding carboxylic acids is 5. The first kappa shape index (κ1) is 20.3. The summed E-state index contributed by atoms with van der Waals surface area (Å²) in [7, 11) is 0. The van der Waals surface area contributed by atoms with Crippen molar-refractivity contribution >= 4 is 29.7 Å². The van der Waals surface area contributed by atoms with Crippen LogP contribution in [0.5, 0.6) is 0 Å². The number of likely N-dealkylation sites (tertiary alicyclic amines) is 1. The second-order valence-corrected chi connectivity index (χ2v) is 7.74. The molecular formula is C19H27N3O6. The van der Waals surface area contributed by atoms with Crippen molar-refractivity contribution in [2.45, 2.75) is 63.8 Å². The van der Waals surface area contributed by atoms with E-state index in [0.717, 1.165) is 56.3 Å². The van der Waals surface area contributed by atoms with Gasteiger partial charge in [-0.15, -0.1) is 0 Å². The normalized spacial score (nSPS) is 24.8. The van der Waals surface area contributed by atoms with E-state index in [4.69, 9.17) is 4.74 Å². The Balaban J connectivity index is 1.35. The Morgan fingerprint density at radius 1 is 0.929 bits per heavy atom.